The lowest BCUT2D eigenvalue weighted by Gasteiger charge is -2.07. The minimum atomic E-state index is 0.558. The molecule has 0 radical (unpaired) electrons. The van der Waals surface area contributed by atoms with Gasteiger partial charge in [-0.25, -0.2) is 0 Å². The van der Waals surface area contributed by atoms with Crippen molar-refractivity contribution in [3.05, 3.63) is 59.1 Å². The smallest absolute Gasteiger partial charge is 0.177 e. The number of aromatic nitrogens is 4. The summed E-state index contributed by atoms with van der Waals surface area (Å²) < 4.78 is 0. The van der Waals surface area contributed by atoms with E-state index in [2.05, 4.69) is 32.8 Å². The zero-order chi connectivity index (χ0) is 13.8. The molecule has 0 spiro atoms. The summed E-state index contributed by atoms with van der Waals surface area (Å²) in [4.78, 5) is 1.08. The Hall–Kier alpha value is -1.85. The lowest BCUT2D eigenvalue weighted by atomic mass is 10.2. The second-order valence-electron chi connectivity index (χ2n) is 4.15. The molecule has 0 atom stereocenters. The third-order valence-electron chi connectivity index (χ3n) is 2.77. The number of halogens is 1. The van der Waals surface area contributed by atoms with Crippen LogP contribution in [0, 0.1) is 0 Å². The van der Waals surface area contributed by atoms with Crippen LogP contribution >= 0.6 is 23.4 Å². The van der Waals surface area contributed by atoms with Gasteiger partial charge >= 0.3 is 0 Å². The number of tetrazole rings is 1. The minimum Gasteiger partial charge on any atom is -0.177 e. The van der Waals surface area contributed by atoms with Crippen LogP contribution in [0.25, 0.3) is 11.4 Å². The van der Waals surface area contributed by atoms with E-state index in [0.717, 1.165) is 16.2 Å². The van der Waals surface area contributed by atoms with Crippen LogP contribution in [-0.4, -0.2) is 20.6 Å². The van der Waals surface area contributed by atoms with Gasteiger partial charge in [0.05, 0.1) is 0 Å². The number of aromatic amines is 1. The van der Waals surface area contributed by atoms with Crippen LogP contribution in [-0.2, 0) is 5.75 Å². The van der Waals surface area contributed by atoms with Crippen molar-refractivity contribution in [2.45, 2.75) is 10.6 Å². The number of benzene rings is 2. The second-order valence-corrected chi connectivity index (χ2v) is 5.60. The maximum atomic E-state index is 6.06. The molecule has 20 heavy (non-hydrogen) atoms. The van der Waals surface area contributed by atoms with Gasteiger partial charge in [0.25, 0.3) is 0 Å². The molecular weight excluding hydrogens is 292 g/mol. The first kappa shape index (κ1) is 13.1. The van der Waals surface area contributed by atoms with Gasteiger partial charge < -0.3 is 0 Å². The number of nitrogens with zero attached hydrogens (tertiary/aromatic N) is 3. The lowest BCUT2D eigenvalue weighted by Crippen LogP contribution is -1.87. The predicted octanol–water partition coefficient (Wildman–Crippen LogP) is 3.81. The van der Waals surface area contributed by atoms with Gasteiger partial charge in [-0.3, -0.25) is 0 Å². The number of hydrogen-bond acceptors (Lipinski definition) is 4. The normalized spacial score (nSPS) is 10.7. The third-order valence-corrected chi connectivity index (χ3v) is 4.14. The Bertz CT molecular complexity index is 686. The topological polar surface area (TPSA) is 54.5 Å². The van der Waals surface area contributed by atoms with Crippen molar-refractivity contribution < 1.29 is 0 Å². The lowest BCUT2D eigenvalue weighted by molar-refractivity contribution is 0.881. The van der Waals surface area contributed by atoms with Gasteiger partial charge in [0.1, 0.15) is 0 Å². The molecule has 1 heterocycles. The number of thioether (sulfide) groups is 1. The highest BCUT2D eigenvalue weighted by molar-refractivity contribution is 7.98. The summed E-state index contributed by atoms with van der Waals surface area (Å²) >= 11 is 7.78. The summed E-state index contributed by atoms with van der Waals surface area (Å²) in [5, 5.41) is 14.8. The first-order valence-corrected chi connectivity index (χ1v) is 7.39. The predicted molar refractivity (Wildman–Crippen MR) is 80.6 cm³/mol. The summed E-state index contributed by atoms with van der Waals surface area (Å²) in [7, 11) is 0. The fraction of sp³-hybridized carbons (Fsp3) is 0.0714. The largest absolute Gasteiger partial charge is 0.205 e. The Kier molecular flexibility index (Phi) is 3.99. The molecule has 2 aromatic carbocycles. The molecule has 0 unspecified atom stereocenters. The average Bonchev–Trinajstić information content (AvgIpc) is 3.01. The molecule has 0 amide bonds. The molecule has 3 aromatic rings. The molecule has 6 heteroatoms. The Morgan fingerprint density at radius 2 is 1.95 bits per heavy atom. The van der Waals surface area contributed by atoms with Crippen LogP contribution < -0.4 is 0 Å². The number of nitrogens with one attached hydrogen (secondary N) is 1. The maximum Gasteiger partial charge on any atom is 0.205 e. The molecule has 100 valence electrons. The SMILES string of the molecule is Clc1ccc(SCc2ccccc2)c(-c2nn[nH]n2)c1. The highest BCUT2D eigenvalue weighted by atomic mass is 35.5. The molecule has 4 nitrogen and oxygen atoms in total. The van der Waals surface area contributed by atoms with Crippen molar-refractivity contribution in [3.8, 4) is 11.4 Å². The van der Waals surface area contributed by atoms with Crippen molar-refractivity contribution in [2.24, 2.45) is 0 Å². The van der Waals surface area contributed by atoms with Gasteiger partial charge in [0, 0.05) is 21.2 Å². The summed E-state index contributed by atoms with van der Waals surface area (Å²) in [5.41, 5.74) is 2.17. The molecule has 0 aliphatic carbocycles. The first-order valence-electron chi connectivity index (χ1n) is 6.03. The zero-order valence-corrected chi connectivity index (χ0v) is 12.0. The second kappa shape index (κ2) is 6.07. The molecule has 1 aromatic heterocycles. The van der Waals surface area contributed by atoms with Gasteiger partial charge in [-0.1, -0.05) is 41.9 Å². The molecule has 0 bridgehead atoms. The highest BCUT2D eigenvalue weighted by Gasteiger charge is 2.10. The monoisotopic (exact) mass is 302 g/mol. The van der Waals surface area contributed by atoms with E-state index < -0.39 is 0 Å². The molecular formula is C14H11ClN4S. The van der Waals surface area contributed by atoms with E-state index in [1.807, 2.05) is 36.4 Å². The molecule has 1 N–H and O–H groups in total. The van der Waals surface area contributed by atoms with Crippen molar-refractivity contribution in [1.29, 1.82) is 0 Å². The van der Waals surface area contributed by atoms with E-state index in [4.69, 9.17) is 11.6 Å². The van der Waals surface area contributed by atoms with E-state index >= 15 is 0 Å². The Morgan fingerprint density at radius 1 is 1.10 bits per heavy atom. The zero-order valence-electron chi connectivity index (χ0n) is 10.5. The van der Waals surface area contributed by atoms with Crippen molar-refractivity contribution in [3.63, 3.8) is 0 Å². The molecule has 0 saturated carbocycles. The van der Waals surface area contributed by atoms with Crippen LogP contribution in [0.3, 0.4) is 0 Å². The standard InChI is InChI=1S/C14H11ClN4S/c15-11-6-7-13(12(8-11)14-16-18-19-17-14)20-9-10-4-2-1-3-5-10/h1-8H,9H2,(H,16,17,18,19). The fourth-order valence-corrected chi connectivity index (χ4v) is 2.97. The van der Waals surface area contributed by atoms with Gasteiger partial charge in [0.15, 0.2) is 0 Å². The molecule has 0 fully saturated rings. The Morgan fingerprint density at radius 3 is 2.70 bits per heavy atom. The summed E-state index contributed by atoms with van der Waals surface area (Å²) in [6.07, 6.45) is 0. The Labute approximate surface area is 125 Å². The van der Waals surface area contributed by atoms with Crippen LogP contribution in [0.4, 0.5) is 0 Å². The molecule has 0 aliphatic rings. The number of rotatable bonds is 4. The Balaban J connectivity index is 1.86. The van der Waals surface area contributed by atoms with Gasteiger partial charge in [-0.05, 0) is 29.0 Å². The number of hydrogen-bond donors (Lipinski definition) is 1. The van der Waals surface area contributed by atoms with Gasteiger partial charge in [-0.15, -0.1) is 22.0 Å². The van der Waals surface area contributed by atoms with Crippen LogP contribution in [0.15, 0.2) is 53.4 Å². The van der Waals surface area contributed by atoms with E-state index in [1.165, 1.54) is 5.56 Å². The first-order chi connectivity index (χ1) is 9.83. The maximum absolute atomic E-state index is 6.06. The van der Waals surface area contributed by atoms with Crippen molar-refractivity contribution in [2.75, 3.05) is 0 Å². The fourth-order valence-electron chi connectivity index (χ4n) is 1.81. The van der Waals surface area contributed by atoms with E-state index in [1.54, 1.807) is 11.8 Å². The van der Waals surface area contributed by atoms with Crippen molar-refractivity contribution >= 4 is 23.4 Å². The third kappa shape index (κ3) is 3.00. The summed E-state index contributed by atoms with van der Waals surface area (Å²) in [6.45, 7) is 0. The van der Waals surface area contributed by atoms with Crippen LogP contribution in [0.5, 0.6) is 0 Å². The van der Waals surface area contributed by atoms with Crippen LogP contribution in [0.1, 0.15) is 5.56 Å². The van der Waals surface area contributed by atoms with Gasteiger partial charge in [-0.2, -0.15) is 5.21 Å². The molecule has 0 saturated heterocycles. The highest BCUT2D eigenvalue weighted by Crippen LogP contribution is 2.33. The van der Waals surface area contributed by atoms with E-state index in [9.17, 15) is 0 Å². The van der Waals surface area contributed by atoms with E-state index in [0.29, 0.717) is 10.8 Å². The molecule has 0 aliphatic heterocycles. The number of H-pyrrole nitrogens is 1. The summed E-state index contributed by atoms with van der Waals surface area (Å²) in [6, 6.07) is 16.0. The summed E-state index contributed by atoms with van der Waals surface area (Å²) in [5.74, 6) is 1.44. The van der Waals surface area contributed by atoms with Crippen LogP contribution in [0.2, 0.25) is 5.02 Å². The average molecular weight is 303 g/mol. The van der Waals surface area contributed by atoms with E-state index in [-0.39, 0.29) is 0 Å². The minimum absolute atomic E-state index is 0.558. The van der Waals surface area contributed by atoms with Gasteiger partial charge in [0.2, 0.25) is 5.82 Å². The van der Waals surface area contributed by atoms with Crippen molar-refractivity contribution in [1.82, 2.24) is 20.6 Å². The molecule has 3 rings (SSSR count). The quantitative estimate of drug-likeness (QED) is 0.745.